The number of hydrogen-bond acceptors (Lipinski definition) is 1. The van der Waals surface area contributed by atoms with E-state index in [1.54, 1.807) is 18.2 Å². The van der Waals surface area contributed by atoms with Gasteiger partial charge < -0.3 is 0 Å². The predicted molar refractivity (Wildman–Crippen MR) is 96.5 cm³/mol. The zero-order chi connectivity index (χ0) is 14.9. The molecule has 0 fully saturated rings. The molecule has 1 unspecified atom stereocenters. The topological polar surface area (TPSA) is 17.1 Å². The second kappa shape index (κ2) is 7.82. The molecule has 1 atom stereocenters. The molecule has 2 aromatic carbocycles. The van der Waals surface area contributed by atoms with E-state index in [-0.39, 0.29) is 33.0 Å². The summed E-state index contributed by atoms with van der Waals surface area (Å²) in [5.41, 5.74) is 3.88. The monoisotopic (exact) mass is 332 g/mol. The summed E-state index contributed by atoms with van der Waals surface area (Å²) in [7, 11) is 0.0347. The van der Waals surface area contributed by atoms with Gasteiger partial charge in [0.05, 0.1) is 15.6 Å². The van der Waals surface area contributed by atoms with Crippen LogP contribution in [0.5, 0.6) is 0 Å². The third-order valence-electron chi connectivity index (χ3n) is 3.11. The van der Waals surface area contributed by atoms with E-state index in [1.807, 2.05) is 13.8 Å². The van der Waals surface area contributed by atoms with Gasteiger partial charge in [0.1, 0.15) is 0 Å². The molecule has 106 valence electrons. The summed E-state index contributed by atoms with van der Waals surface area (Å²) >= 11 is 12.2. The predicted octanol–water partition coefficient (Wildman–Crippen LogP) is 4.41. The molecule has 21 heavy (non-hydrogen) atoms. The Morgan fingerprint density at radius 2 is 1.48 bits per heavy atom. The fourth-order valence-corrected chi connectivity index (χ4v) is 4.16. The van der Waals surface area contributed by atoms with Gasteiger partial charge >= 0.3 is 18.9 Å². The maximum atomic E-state index is 12.5. The summed E-state index contributed by atoms with van der Waals surface area (Å²) in [4.78, 5) is 12.5. The van der Waals surface area contributed by atoms with E-state index in [4.69, 9.17) is 23.2 Å². The van der Waals surface area contributed by atoms with Gasteiger partial charge in [-0.2, -0.15) is 0 Å². The van der Waals surface area contributed by atoms with Crippen LogP contribution in [0, 0.1) is 20.8 Å². The molecule has 0 heterocycles. The van der Waals surface area contributed by atoms with Crippen LogP contribution in [0.4, 0.5) is 0 Å². The SMILES string of the molecule is Cc1cc(C)c(PC(=O)c2c(Cl)cccc2Cl)c(C)c1.[LiH]. The Morgan fingerprint density at radius 3 is 1.95 bits per heavy atom. The first-order valence-electron chi connectivity index (χ1n) is 6.23. The van der Waals surface area contributed by atoms with E-state index in [2.05, 4.69) is 19.1 Å². The van der Waals surface area contributed by atoms with Crippen molar-refractivity contribution < 1.29 is 4.79 Å². The van der Waals surface area contributed by atoms with E-state index >= 15 is 0 Å². The van der Waals surface area contributed by atoms with E-state index in [9.17, 15) is 4.79 Å². The molecule has 0 saturated heterocycles. The Labute approximate surface area is 149 Å². The van der Waals surface area contributed by atoms with Crippen LogP contribution in [-0.4, -0.2) is 24.4 Å². The number of benzene rings is 2. The Bertz CT molecular complexity index is 643. The number of hydrogen-bond donors (Lipinski definition) is 0. The maximum absolute atomic E-state index is 12.5. The van der Waals surface area contributed by atoms with Crippen molar-refractivity contribution in [3.8, 4) is 0 Å². The molecule has 0 spiro atoms. The van der Waals surface area contributed by atoms with Crippen LogP contribution in [0.2, 0.25) is 10.0 Å². The Balaban J connectivity index is 0.00000220. The molecule has 5 heteroatoms. The number of aryl methyl sites for hydroxylation is 3. The van der Waals surface area contributed by atoms with Crippen LogP contribution in [0.15, 0.2) is 30.3 Å². The zero-order valence-electron chi connectivity index (χ0n) is 11.6. The zero-order valence-corrected chi connectivity index (χ0v) is 14.1. The Morgan fingerprint density at radius 1 is 1.00 bits per heavy atom. The van der Waals surface area contributed by atoms with Crippen LogP contribution < -0.4 is 5.30 Å². The van der Waals surface area contributed by atoms with Gasteiger partial charge in [0.2, 0.25) is 0 Å². The molecule has 0 aliphatic heterocycles. The summed E-state index contributed by atoms with van der Waals surface area (Å²) in [5, 5.41) is 1.91. The van der Waals surface area contributed by atoms with Crippen LogP contribution >= 0.6 is 31.8 Å². The van der Waals surface area contributed by atoms with E-state index in [0.717, 1.165) is 16.4 Å². The molecule has 2 rings (SSSR count). The molecule has 0 aliphatic rings. The number of halogens is 2. The Kier molecular flexibility index (Phi) is 6.99. The minimum absolute atomic E-state index is 0. The van der Waals surface area contributed by atoms with Crippen LogP contribution in [0.3, 0.4) is 0 Å². The number of carbonyl (C=O) groups is 1. The van der Waals surface area contributed by atoms with Gasteiger partial charge in [-0.05, 0) is 57.9 Å². The van der Waals surface area contributed by atoms with Crippen molar-refractivity contribution in [3.63, 3.8) is 0 Å². The van der Waals surface area contributed by atoms with Gasteiger partial charge in [-0.25, -0.2) is 0 Å². The number of rotatable bonds is 3. The van der Waals surface area contributed by atoms with Gasteiger partial charge in [0, 0.05) is 0 Å². The molecule has 1 nitrogen and oxygen atoms in total. The molecule has 0 aromatic heterocycles. The summed E-state index contributed by atoms with van der Waals surface area (Å²) < 4.78 is 0. The first kappa shape index (κ1) is 18.8. The van der Waals surface area contributed by atoms with Gasteiger partial charge in [0.25, 0.3) is 0 Å². The normalized spacial score (nSPS) is 10.7. The van der Waals surface area contributed by atoms with Crippen molar-refractivity contribution in [2.75, 3.05) is 0 Å². The van der Waals surface area contributed by atoms with Crippen molar-refractivity contribution in [2.45, 2.75) is 20.8 Å². The summed E-state index contributed by atoms with van der Waals surface area (Å²) in [6, 6.07) is 9.32. The second-order valence-corrected chi connectivity index (χ2v) is 6.84. The van der Waals surface area contributed by atoms with Crippen molar-refractivity contribution in [1.82, 2.24) is 0 Å². The molecule has 0 aliphatic carbocycles. The second-order valence-electron chi connectivity index (χ2n) is 4.82. The minimum atomic E-state index is -0.0179. The molecule has 0 N–H and O–H groups in total. The first-order valence-corrected chi connectivity index (χ1v) is 7.99. The summed E-state index contributed by atoms with van der Waals surface area (Å²) in [6.45, 7) is 6.12. The molecule has 0 bridgehead atoms. The van der Waals surface area contributed by atoms with Gasteiger partial charge in [-0.15, -0.1) is 0 Å². The van der Waals surface area contributed by atoms with E-state index in [1.165, 1.54) is 5.56 Å². The van der Waals surface area contributed by atoms with Crippen molar-refractivity contribution >= 4 is 61.5 Å². The van der Waals surface area contributed by atoms with Crippen LogP contribution in [0.25, 0.3) is 0 Å². The fraction of sp³-hybridized carbons (Fsp3) is 0.188. The van der Waals surface area contributed by atoms with Gasteiger partial charge in [0.15, 0.2) is 5.52 Å². The summed E-state index contributed by atoms with van der Waals surface area (Å²) in [5.74, 6) is 0. The fourth-order valence-electron chi connectivity index (χ4n) is 2.27. The summed E-state index contributed by atoms with van der Waals surface area (Å²) in [6.07, 6.45) is 0. The third-order valence-corrected chi connectivity index (χ3v) is 5.25. The molecule has 0 amide bonds. The van der Waals surface area contributed by atoms with Crippen LogP contribution in [0.1, 0.15) is 27.0 Å². The van der Waals surface area contributed by atoms with Crippen molar-refractivity contribution in [3.05, 3.63) is 62.6 Å². The molecule has 2 aromatic rings. The molecule has 0 saturated carbocycles. The first-order chi connectivity index (χ1) is 9.40. The molecule has 0 radical (unpaired) electrons. The van der Waals surface area contributed by atoms with E-state index in [0.29, 0.717) is 15.6 Å². The van der Waals surface area contributed by atoms with E-state index < -0.39 is 0 Å². The van der Waals surface area contributed by atoms with Crippen molar-refractivity contribution in [1.29, 1.82) is 0 Å². The quantitative estimate of drug-likeness (QED) is 0.600. The molecular formula is C16H16Cl2LiOP. The van der Waals surface area contributed by atoms with Gasteiger partial charge in [-0.3, -0.25) is 4.79 Å². The van der Waals surface area contributed by atoms with Crippen LogP contribution in [-0.2, 0) is 0 Å². The average Bonchev–Trinajstić information content (AvgIpc) is 2.33. The third kappa shape index (κ3) is 4.35. The average molecular weight is 333 g/mol. The molecular weight excluding hydrogens is 317 g/mol. The standard InChI is InChI=1S/C16H15Cl2OP.Li.H/c1-9-7-10(2)15(11(3)8-9)20-16(19)14-12(17)5-4-6-13(14)18;;/h4-8,20H,1-3H3;;. The van der Waals surface area contributed by atoms with Gasteiger partial charge in [-0.1, -0.05) is 47.0 Å². The Hall–Kier alpha value is -0.283. The van der Waals surface area contributed by atoms with Crippen molar-refractivity contribution in [2.24, 2.45) is 0 Å². The number of carbonyl (C=O) groups excluding carboxylic acids is 1.